The van der Waals surface area contributed by atoms with Crippen molar-refractivity contribution in [3.05, 3.63) is 22.2 Å². The van der Waals surface area contributed by atoms with Gasteiger partial charge in [-0.15, -0.1) is 0 Å². The Kier molecular flexibility index (Phi) is 3.52. The summed E-state index contributed by atoms with van der Waals surface area (Å²) in [4.78, 5) is 11.4. The highest BCUT2D eigenvalue weighted by atomic mass is 79.9. The summed E-state index contributed by atoms with van der Waals surface area (Å²) in [5, 5.41) is 0. The van der Waals surface area contributed by atoms with Crippen LogP contribution in [0.1, 0.15) is 17.3 Å². The Hall–Kier alpha value is -1.03. The van der Waals surface area contributed by atoms with Crippen LogP contribution in [0.4, 0.5) is 0 Å². The number of ketones is 1. The van der Waals surface area contributed by atoms with E-state index in [4.69, 9.17) is 9.47 Å². The Labute approximate surface area is 91.1 Å². The molecule has 0 heterocycles. The molecular formula is C10H11BrO3. The first kappa shape index (κ1) is 11.0. The summed E-state index contributed by atoms with van der Waals surface area (Å²) in [5.74, 6) is 0.953. The summed E-state index contributed by atoms with van der Waals surface area (Å²) in [7, 11) is 3.04. The van der Waals surface area contributed by atoms with Gasteiger partial charge in [0.2, 0.25) is 0 Å². The number of rotatable bonds is 3. The molecule has 0 N–H and O–H groups in total. The van der Waals surface area contributed by atoms with Crippen LogP contribution in [0.15, 0.2) is 16.6 Å². The van der Waals surface area contributed by atoms with E-state index in [1.54, 1.807) is 12.1 Å². The SMILES string of the molecule is COc1ccc(Br)c(OC)c1C(C)=O. The maximum atomic E-state index is 11.4. The minimum absolute atomic E-state index is 0.0833. The monoisotopic (exact) mass is 258 g/mol. The lowest BCUT2D eigenvalue weighted by molar-refractivity contribution is 0.101. The van der Waals surface area contributed by atoms with Crippen LogP contribution in [-0.4, -0.2) is 20.0 Å². The van der Waals surface area contributed by atoms with Gasteiger partial charge in [-0.05, 0) is 35.0 Å². The average molecular weight is 259 g/mol. The number of hydrogen-bond acceptors (Lipinski definition) is 3. The smallest absolute Gasteiger partial charge is 0.167 e. The fraction of sp³-hybridized carbons (Fsp3) is 0.300. The van der Waals surface area contributed by atoms with Gasteiger partial charge in [0.1, 0.15) is 17.1 Å². The zero-order valence-corrected chi connectivity index (χ0v) is 9.84. The molecule has 0 saturated heterocycles. The number of benzene rings is 1. The summed E-state index contributed by atoms with van der Waals surface area (Å²) in [6.07, 6.45) is 0. The largest absolute Gasteiger partial charge is 0.496 e. The van der Waals surface area contributed by atoms with Gasteiger partial charge in [0.25, 0.3) is 0 Å². The van der Waals surface area contributed by atoms with Gasteiger partial charge in [-0.2, -0.15) is 0 Å². The quantitative estimate of drug-likeness (QED) is 0.783. The van der Waals surface area contributed by atoms with Crippen molar-refractivity contribution in [2.75, 3.05) is 14.2 Å². The topological polar surface area (TPSA) is 35.5 Å². The number of methoxy groups -OCH3 is 2. The van der Waals surface area contributed by atoms with E-state index in [0.29, 0.717) is 17.1 Å². The molecule has 76 valence electrons. The third kappa shape index (κ3) is 1.90. The molecule has 0 aliphatic carbocycles. The van der Waals surface area contributed by atoms with Crippen molar-refractivity contribution in [3.63, 3.8) is 0 Å². The summed E-state index contributed by atoms with van der Waals surface area (Å²) in [6.45, 7) is 1.48. The number of ether oxygens (including phenoxy) is 2. The average Bonchev–Trinajstić information content (AvgIpc) is 2.17. The Morgan fingerprint density at radius 3 is 2.36 bits per heavy atom. The fourth-order valence-corrected chi connectivity index (χ4v) is 1.73. The van der Waals surface area contributed by atoms with E-state index in [1.807, 2.05) is 0 Å². The van der Waals surface area contributed by atoms with Gasteiger partial charge in [0.05, 0.1) is 18.7 Å². The van der Waals surface area contributed by atoms with E-state index in [9.17, 15) is 4.79 Å². The summed E-state index contributed by atoms with van der Waals surface area (Å²) >= 11 is 3.31. The molecule has 0 saturated carbocycles. The molecule has 0 spiro atoms. The van der Waals surface area contributed by atoms with Gasteiger partial charge in [-0.3, -0.25) is 4.79 Å². The van der Waals surface area contributed by atoms with Gasteiger partial charge >= 0.3 is 0 Å². The summed E-state index contributed by atoms with van der Waals surface area (Å²) < 4.78 is 11.0. The molecule has 0 amide bonds. The second kappa shape index (κ2) is 4.46. The van der Waals surface area contributed by atoms with E-state index in [0.717, 1.165) is 4.47 Å². The molecule has 1 rings (SSSR count). The first-order valence-corrected chi connectivity index (χ1v) is 4.82. The highest BCUT2D eigenvalue weighted by Crippen LogP contribution is 2.35. The lowest BCUT2D eigenvalue weighted by Gasteiger charge is -2.11. The van der Waals surface area contributed by atoms with E-state index in [2.05, 4.69) is 15.9 Å². The number of halogens is 1. The predicted octanol–water partition coefficient (Wildman–Crippen LogP) is 2.67. The lowest BCUT2D eigenvalue weighted by Crippen LogP contribution is -2.01. The number of hydrogen-bond donors (Lipinski definition) is 0. The molecule has 0 unspecified atom stereocenters. The van der Waals surface area contributed by atoms with Crippen LogP contribution in [0.3, 0.4) is 0 Å². The minimum Gasteiger partial charge on any atom is -0.496 e. The molecule has 0 aromatic heterocycles. The van der Waals surface area contributed by atoms with Crippen molar-refractivity contribution in [3.8, 4) is 11.5 Å². The third-order valence-corrected chi connectivity index (χ3v) is 2.47. The molecular weight excluding hydrogens is 248 g/mol. The molecule has 0 bridgehead atoms. The van der Waals surface area contributed by atoms with Crippen molar-refractivity contribution in [2.45, 2.75) is 6.92 Å². The maximum absolute atomic E-state index is 11.4. The molecule has 0 atom stereocenters. The van der Waals surface area contributed by atoms with Crippen LogP contribution in [-0.2, 0) is 0 Å². The molecule has 0 aliphatic heterocycles. The standard InChI is InChI=1S/C10H11BrO3/c1-6(12)9-8(13-2)5-4-7(11)10(9)14-3/h4-5H,1-3H3. The molecule has 0 fully saturated rings. The van der Waals surface area contributed by atoms with E-state index in [1.165, 1.54) is 21.1 Å². The van der Waals surface area contributed by atoms with Crippen molar-refractivity contribution >= 4 is 21.7 Å². The second-order valence-electron chi connectivity index (χ2n) is 2.71. The zero-order valence-electron chi connectivity index (χ0n) is 8.26. The predicted molar refractivity (Wildman–Crippen MR) is 57.3 cm³/mol. The first-order chi connectivity index (χ1) is 6.61. The van der Waals surface area contributed by atoms with E-state index in [-0.39, 0.29) is 5.78 Å². The van der Waals surface area contributed by atoms with Crippen LogP contribution in [0.5, 0.6) is 11.5 Å². The van der Waals surface area contributed by atoms with Crippen LogP contribution in [0, 0.1) is 0 Å². The molecule has 1 aromatic carbocycles. The van der Waals surface area contributed by atoms with Crippen molar-refractivity contribution < 1.29 is 14.3 Å². The van der Waals surface area contributed by atoms with E-state index >= 15 is 0 Å². The van der Waals surface area contributed by atoms with Gasteiger partial charge in [-0.1, -0.05) is 0 Å². The van der Waals surface area contributed by atoms with E-state index < -0.39 is 0 Å². The maximum Gasteiger partial charge on any atom is 0.167 e. The lowest BCUT2D eigenvalue weighted by atomic mass is 10.1. The van der Waals surface area contributed by atoms with Crippen LogP contribution in [0.25, 0.3) is 0 Å². The minimum atomic E-state index is -0.0833. The Morgan fingerprint density at radius 1 is 1.29 bits per heavy atom. The van der Waals surface area contributed by atoms with Crippen molar-refractivity contribution in [2.24, 2.45) is 0 Å². The number of Topliss-reactive ketones (excluding diaryl/α,β-unsaturated/α-hetero) is 1. The van der Waals surface area contributed by atoms with Crippen molar-refractivity contribution in [1.82, 2.24) is 0 Å². The second-order valence-corrected chi connectivity index (χ2v) is 3.57. The first-order valence-electron chi connectivity index (χ1n) is 4.03. The van der Waals surface area contributed by atoms with Gasteiger partial charge in [0, 0.05) is 0 Å². The van der Waals surface area contributed by atoms with Crippen LogP contribution >= 0.6 is 15.9 Å². The molecule has 0 aliphatic rings. The molecule has 14 heavy (non-hydrogen) atoms. The van der Waals surface area contributed by atoms with Crippen LogP contribution < -0.4 is 9.47 Å². The normalized spacial score (nSPS) is 9.71. The number of carbonyl (C=O) groups excluding carboxylic acids is 1. The Morgan fingerprint density at radius 2 is 1.93 bits per heavy atom. The van der Waals surface area contributed by atoms with Crippen molar-refractivity contribution in [1.29, 1.82) is 0 Å². The van der Waals surface area contributed by atoms with Crippen LogP contribution in [0.2, 0.25) is 0 Å². The molecule has 1 aromatic rings. The van der Waals surface area contributed by atoms with Gasteiger partial charge in [-0.25, -0.2) is 0 Å². The Balaban J connectivity index is 3.43. The molecule has 4 heteroatoms. The third-order valence-electron chi connectivity index (χ3n) is 1.85. The Bertz CT molecular complexity index is 361. The number of carbonyl (C=O) groups is 1. The summed E-state index contributed by atoms with van der Waals surface area (Å²) in [5.41, 5.74) is 0.462. The molecule has 0 radical (unpaired) electrons. The zero-order chi connectivity index (χ0) is 10.7. The summed E-state index contributed by atoms with van der Waals surface area (Å²) in [6, 6.07) is 3.51. The fourth-order valence-electron chi connectivity index (χ4n) is 1.24. The highest BCUT2D eigenvalue weighted by Gasteiger charge is 2.17. The van der Waals surface area contributed by atoms with Gasteiger partial charge in [0.15, 0.2) is 5.78 Å². The highest BCUT2D eigenvalue weighted by molar-refractivity contribution is 9.10. The van der Waals surface area contributed by atoms with Gasteiger partial charge < -0.3 is 9.47 Å². The molecule has 3 nitrogen and oxygen atoms in total.